The Kier molecular flexibility index (Phi) is 3.66. The molecule has 1 heterocycles. The quantitative estimate of drug-likeness (QED) is 0.790. The zero-order valence-corrected chi connectivity index (χ0v) is 15.2. The van der Waals surface area contributed by atoms with E-state index in [0.717, 1.165) is 17.7 Å². The molecule has 0 radical (unpaired) electrons. The number of hydrogen-bond donors (Lipinski definition) is 0. The van der Waals surface area contributed by atoms with Gasteiger partial charge in [-0.3, -0.25) is 9.59 Å². The molecule has 3 aliphatic rings. The minimum absolute atomic E-state index is 0.0126. The van der Waals surface area contributed by atoms with Crippen molar-refractivity contribution in [3.05, 3.63) is 59.2 Å². The van der Waals surface area contributed by atoms with Gasteiger partial charge in [0, 0.05) is 13.1 Å². The van der Waals surface area contributed by atoms with Crippen LogP contribution in [-0.2, 0) is 15.0 Å². The third kappa shape index (κ3) is 2.27. The molecule has 132 valence electrons. The van der Waals surface area contributed by atoms with Crippen molar-refractivity contribution in [2.75, 3.05) is 13.1 Å². The number of Topliss-reactive ketones (excluding diaryl/α,β-unsaturated/α-hetero) is 1. The summed E-state index contributed by atoms with van der Waals surface area (Å²) >= 11 is 0. The number of rotatable bonds is 3. The Bertz CT molecular complexity index is 884. The number of carbonyl (C=O) groups is 2. The van der Waals surface area contributed by atoms with Crippen molar-refractivity contribution in [1.29, 1.82) is 5.26 Å². The van der Waals surface area contributed by atoms with E-state index in [1.807, 2.05) is 61.2 Å². The molecule has 26 heavy (non-hydrogen) atoms. The van der Waals surface area contributed by atoms with Gasteiger partial charge in [0.25, 0.3) is 0 Å². The van der Waals surface area contributed by atoms with Gasteiger partial charge in [-0.1, -0.05) is 36.4 Å². The summed E-state index contributed by atoms with van der Waals surface area (Å²) in [4.78, 5) is 28.4. The second-order valence-electron chi connectivity index (χ2n) is 8.07. The van der Waals surface area contributed by atoms with Crippen molar-refractivity contribution in [3.8, 4) is 6.07 Å². The van der Waals surface area contributed by atoms with Gasteiger partial charge >= 0.3 is 0 Å². The average molecular weight is 346 g/mol. The van der Waals surface area contributed by atoms with E-state index in [1.165, 1.54) is 12.8 Å². The van der Waals surface area contributed by atoms with Crippen LogP contribution in [0.5, 0.6) is 0 Å². The van der Waals surface area contributed by atoms with Gasteiger partial charge in [-0.05, 0) is 49.8 Å². The number of carbonyl (C=O) groups excluding carboxylic acids is 2. The molecular weight excluding hydrogens is 324 g/mol. The molecule has 4 rings (SSSR count). The molecule has 1 amide bonds. The number of amides is 1. The molecule has 0 bridgehead atoms. The fourth-order valence-corrected chi connectivity index (χ4v) is 4.35. The topological polar surface area (TPSA) is 61.2 Å². The van der Waals surface area contributed by atoms with Gasteiger partial charge in [-0.2, -0.15) is 5.26 Å². The van der Waals surface area contributed by atoms with Gasteiger partial charge < -0.3 is 4.90 Å². The average Bonchev–Trinajstić information content (AvgIpc) is 3.46. The van der Waals surface area contributed by atoms with Gasteiger partial charge in [0.1, 0.15) is 11.5 Å². The molecule has 1 saturated carbocycles. The van der Waals surface area contributed by atoms with Gasteiger partial charge in [0.2, 0.25) is 5.91 Å². The Balaban J connectivity index is 1.97. The zero-order chi connectivity index (χ0) is 18.5. The zero-order valence-electron chi connectivity index (χ0n) is 15.2. The van der Waals surface area contributed by atoms with Crippen molar-refractivity contribution in [3.63, 3.8) is 0 Å². The van der Waals surface area contributed by atoms with Crippen molar-refractivity contribution in [2.45, 2.75) is 32.1 Å². The van der Waals surface area contributed by atoms with Crippen molar-refractivity contribution in [2.24, 2.45) is 11.3 Å². The first-order valence-electron chi connectivity index (χ1n) is 9.15. The van der Waals surface area contributed by atoms with Gasteiger partial charge in [-0.25, -0.2) is 0 Å². The molecule has 1 aliphatic heterocycles. The lowest BCUT2D eigenvalue weighted by Gasteiger charge is -2.48. The van der Waals surface area contributed by atoms with Crippen LogP contribution in [0.4, 0.5) is 0 Å². The van der Waals surface area contributed by atoms with Crippen LogP contribution < -0.4 is 0 Å². The first kappa shape index (κ1) is 16.8. The third-order valence-corrected chi connectivity index (χ3v) is 5.94. The summed E-state index contributed by atoms with van der Waals surface area (Å²) in [6.45, 7) is 4.94. The molecule has 0 aromatic heterocycles. The van der Waals surface area contributed by atoms with Crippen LogP contribution in [0.25, 0.3) is 0 Å². The van der Waals surface area contributed by atoms with Crippen LogP contribution in [0.1, 0.15) is 32.3 Å². The second-order valence-corrected chi connectivity index (χ2v) is 8.07. The second kappa shape index (κ2) is 5.67. The standard InChI is InChI=1S/C22H22N2O2/c1-21(2)18-10-11-24(14-15-8-9-15)20(26)22(18,12-16(13-23)19(21)25)17-6-4-3-5-7-17/h3-7,10,12,15H,8-9,11,14H2,1-2H3/t22-/m0/s1. The van der Waals surface area contributed by atoms with Crippen LogP contribution in [0.15, 0.2) is 53.6 Å². The summed E-state index contributed by atoms with van der Waals surface area (Å²) in [5, 5.41) is 9.57. The minimum Gasteiger partial charge on any atom is -0.337 e. The summed E-state index contributed by atoms with van der Waals surface area (Å²) < 4.78 is 0. The van der Waals surface area contributed by atoms with E-state index in [0.29, 0.717) is 12.5 Å². The summed E-state index contributed by atoms with van der Waals surface area (Å²) in [6, 6.07) is 11.6. The van der Waals surface area contributed by atoms with Gasteiger partial charge in [0.05, 0.1) is 11.0 Å². The fraction of sp³-hybridized carbons (Fsp3) is 0.409. The molecule has 1 fully saturated rings. The van der Waals surface area contributed by atoms with Crippen LogP contribution in [0.3, 0.4) is 0 Å². The molecule has 1 aromatic carbocycles. The summed E-state index contributed by atoms with van der Waals surface area (Å²) in [7, 11) is 0. The maximum Gasteiger partial charge on any atom is 0.241 e. The lowest BCUT2D eigenvalue weighted by molar-refractivity contribution is -0.136. The van der Waals surface area contributed by atoms with Crippen molar-refractivity contribution >= 4 is 11.7 Å². The maximum atomic E-state index is 13.7. The Morgan fingerprint density at radius 1 is 1.19 bits per heavy atom. The summed E-state index contributed by atoms with van der Waals surface area (Å²) in [5.74, 6) is 0.363. The first-order chi connectivity index (χ1) is 12.4. The number of ketones is 1. The number of allylic oxidation sites excluding steroid dienone is 1. The molecule has 1 aromatic rings. The van der Waals surface area contributed by atoms with Gasteiger partial charge in [0.15, 0.2) is 5.78 Å². The SMILES string of the molecule is CC1(C)C(=O)C(C#N)=C[C@@]2(c3ccccc3)C(=O)N(CC3CC3)CC=C12. The normalized spacial score (nSPS) is 27.3. The monoisotopic (exact) mass is 346 g/mol. The maximum absolute atomic E-state index is 13.7. The van der Waals surface area contributed by atoms with E-state index >= 15 is 0 Å². The predicted molar refractivity (Wildman–Crippen MR) is 98.0 cm³/mol. The Labute approximate surface area is 153 Å². The van der Waals surface area contributed by atoms with E-state index in [1.54, 1.807) is 6.08 Å². The molecule has 0 spiro atoms. The smallest absolute Gasteiger partial charge is 0.241 e. The third-order valence-electron chi connectivity index (χ3n) is 5.94. The molecule has 1 atom stereocenters. The molecule has 0 N–H and O–H groups in total. The van der Waals surface area contributed by atoms with E-state index in [-0.39, 0.29) is 17.3 Å². The highest BCUT2D eigenvalue weighted by molar-refractivity contribution is 6.11. The van der Waals surface area contributed by atoms with Gasteiger partial charge in [-0.15, -0.1) is 0 Å². The van der Waals surface area contributed by atoms with E-state index in [2.05, 4.69) is 0 Å². The number of nitrogens with zero attached hydrogens (tertiary/aromatic N) is 2. The summed E-state index contributed by atoms with van der Waals surface area (Å²) in [5.41, 5.74) is -0.228. The fourth-order valence-electron chi connectivity index (χ4n) is 4.35. The lowest BCUT2D eigenvalue weighted by Crippen LogP contribution is -2.57. The van der Waals surface area contributed by atoms with E-state index in [4.69, 9.17) is 0 Å². The van der Waals surface area contributed by atoms with Crippen LogP contribution >= 0.6 is 0 Å². The minimum atomic E-state index is -1.06. The van der Waals surface area contributed by atoms with Crippen molar-refractivity contribution < 1.29 is 9.59 Å². The van der Waals surface area contributed by atoms with Crippen LogP contribution in [0.2, 0.25) is 0 Å². The lowest BCUT2D eigenvalue weighted by atomic mass is 9.56. The number of benzene rings is 1. The first-order valence-corrected chi connectivity index (χ1v) is 9.15. The molecule has 2 aliphatic carbocycles. The predicted octanol–water partition coefficient (Wildman–Crippen LogP) is 3.16. The van der Waals surface area contributed by atoms with E-state index in [9.17, 15) is 14.9 Å². The Morgan fingerprint density at radius 2 is 1.88 bits per heavy atom. The molecular formula is C22H22N2O2. The molecule has 0 unspecified atom stereocenters. The highest BCUT2D eigenvalue weighted by atomic mass is 16.2. The number of fused-ring (bicyclic) bond motifs is 1. The largest absolute Gasteiger partial charge is 0.337 e. The number of nitriles is 1. The van der Waals surface area contributed by atoms with Crippen molar-refractivity contribution in [1.82, 2.24) is 4.90 Å². The van der Waals surface area contributed by atoms with Crippen LogP contribution in [0, 0.1) is 22.7 Å². The van der Waals surface area contributed by atoms with Crippen LogP contribution in [-0.4, -0.2) is 29.7 Å². The molecule has 0 saturated heterocycles. The highest BCUT2D eigenvalue weighted by Gasteiger charge is 2.57. The Morgan fingerprint density at radius 3 is 2.50 bits per heavy atom. The summed E-state index contributed by atoms with van der Waals surface area (Å²) in [6.07, 6.45) is 5.99. The molecule has 4 nitrogen and oxygen atoms in total. The van der Waals surface area contributed by atoms with E-state index < -0.39 is 10.8 Å². The number of hydrogen-bond acceptors (Lipinski definition) is 3. The molecule has 4 heteroatoms. The Hall–Kier alpha value is -2.67. The highest BCUT2D eigenvalue weighted by Crippen LogP contribution is 2.52.